The summed E-state index contributed by atoms with van der Waals surface area (Å²) in [6, 6.07) is 9.87. The fourth-order valence-corrected chi connectivity index (χ4v) is 2.98. The second-order valence-electron chi connectivity index (χ2n) is 5.82. The molecule has 0 saturated heterocycles. The topological polar surface area (TPSA) is 29.5 Å². The van der Waals surface area contributed by atoms with E-state index in [9.17, 15) is 13.6 Å². The van der Waals surface area contributed by atoms with Crippen molar-refractivity contribution in [2.24, 2.45) is 0 Å². The summed E-state index contributed by atoms with van der Waals surface area (Å²) < 4.78 is 32.8. The van der Waals surface area contributed by atoms with Crippen LogP contribution in [-0.2, 0) is 6.54 Å². The van der Waals surface area contributed by atoms with Crippen LogP contribution >= 0.6 is 11.8 Å². The van der Waals surface area contributed by atoms with Gasteiger partial charge in [0.25, 0.3) is 5.91 Å². The molecule has 3 nitrogen and oxygen atoms in total. The molecule has 2 aromatic rings. The molecule has 0 heterocycles. The van der Waals surface area contributed by atoms with Crippen LogP contribution in [0, 0.1) is 11.6 Å². The quantitative estimate of drug-likeness (QED) is 0.692. The van der Waals surface area contributed by atoms with Crippen LogP contribution in [0.1, 0.15) is 29.8 Å². The van der Waals surface area contributed by atoms with Gasteiger partial charge in [-0.05, 0) is 49.9 Å². The standard InChI is InChI=1S/C19H21F2NO2S/c1-12(2)22(11-13-6-5-7-14(10-13)25-4)19(23)15-8-9-16(20)18(24-3)17(15)21/h5-10,12H,11H2,1-4H3. The second kappa shape index (κ2) is 8.34. The lowest BCUT2D eigenvalue weighted by Crippen LogP contribution is -2.37. The van der Waals surface area contributed by atoms with E-state index in [4.69, 9.17) is 4.74 Å². The van der Waals surface area contributed by atoms with E-state index in [2.05, 4.69) is 0 Å². The minimum Gasteiger partial charge on any atom is -0.491 e. The number of nitrogens with zero attached hydrogens (tertiary/aromatic N) is 1. The van der Waals surface area contributed by atoms with Gasteiger partial charge in [0.1, 0.15) is 0 Å². The number of hydrogen-bond donors (Lipinski definition) is 0. The molecule has 2 aromatic carbocycles. The zero-order chi connectivity index (χ0) is 18.6. The van der Waals surface area contributed by atoms with Gasteiger partial charge in [0.15, 0.2) is 17.4 Å². The van der Waals surface area contributed by atoms with E-state index in [-0.39, 0.29) is 11.6 Å². The van der Waals surface area contributed by atoms with Gasteiger partial charge in [0.05, 0.1) is 12.7 Å². The van der Waals surface area contributed by atoms with Crippen LogP contribution in [0.5, 0.6) is 5.75 Å². The Morgan fingerprint density at radius 3 is 2.56 bits per heavy atom. The normalized spacial score (nSPS) is 10.8. The fraction of sp³-hybridized carbons (Fsp3) is 0.316. The maximum absolute atomic E-state index is 14.4. The van der Waals surface area contributed by atoms with Crippen molar-refractivity contribution in [2.45, 2.75) is 31.3 Å². The number of halogens is 2. The smallest absolute Gasteiger partial charge is 0.257 e. The van der Waals surface area contributed by atoms with Crippen molar-refractivity contribution in [1.82, 2.24) is 4.90 Å². The first-order valence-electron chi connectivity index (χ1n) is 7.85. The zero-order valence-electron chi connectivity index (χ0n) is 14.7. The van der Waals surface area contributed by atoms with E-state index in [1.54, 1.807) is 16.7 Å². The number of amides is 1. The van der Waals surface area contributed by atoms with Crippen molar-refractivity contribution in [2.75, 3.05) is 13.4 Å². The molecule has 0 unspecified atom stereocenters. The van der Waals surface area contributed by atoms with E-state index in [0.29, 0.717) is 6.54 Å². The Morgan fingerprint density at radius 2 is 1.96 bits per heavy atom. The number of carbonyl (C=O) groups is 1. The number of carbonyl (C=O) groups excluding carboxylic acids is 1. The Balaban J connectivity index is 2.35. The van der Waals surface area contributed by atoms with E-state index in [1.165, 1.54) is 7.11 Å². The third-order valence-corrected chi connectivity index (χ3v) is 4.58. The SMILES string of the molecule is COc1c(F)ccc(C(=O)N(Cc2cccc(SC)c2)C(C)C)c1F. The van der Waals surface area contributed by atoms with Crippen molar-refractivity contribution >= 4 is 17.7 Å². The molecule has 0 bridgehead atoms. The predicted octanol–water partition coefficient (Wildman–Crippen LogP) is 4.75. The summed E-state index contributed by atoms with van der Waals surface area (Å²) in [7, 11) is 1.17. The Kier molecular flexibility index (Phi) is 6.42. The second-order valence-corrected chi connectivity index (χ2v) is 6.70. The van der Waals surface area contributed by atoms with Gasteiger partial charge in [-0.25, -0.2) is 8.78 Å². The average molecular weight is 365 g/mol. The molecule has 0 spiro atoms. The van der Waals surface area contributed by atoms with Gasteiger partial charge in [-0.15, -0.1) is 11.8 Å². The molecule has 0 aromatic heterocycles. The number of benzene rings is 2. The Hall–Kier alpha value is -2.08. The monoisotopic (exact) mass is 365 g/mol. The number of hydrogen-bond acceptors (Lipinski definition) is 3. The van der Waals surface area contributed by atoms with E-state index in [0.717, 1.165) is 22.6 Å². The molecule has 0 aliphatic rings. The molecule has 0 N–H and O–H groups in total. The molecule has 2 rings (SSSR count). The number of methoxy groups -OCH3 is 1. The van der Waals surface area contributed by atoms with Crippen molar-refractivity contribution in [3.05, 3.63) is 59.2 Å². The van der Waals surface area contributed by atoms with Crippen molar-refractivity contribution < 1.29 is 18.3 Å². The lowest BCUT2D eigenvalue weighted by atomic mass is 10.1. The molecule has 1 amide bonds. The third kappa shape index (κ3) is 4.31. The Morgan fingerprint density at radius 1 is 1.24 bits per heavy atom. The van der Waals surface area contributed by atoms with Crippen LogP contribution in [0.3, 0.4) is 0 Å². The molecule has 0 radical (unpaired) electrons. The first kappa shape index (κ1) is 19.2. The van der Waals surface area contributed by atoms with Crippen LogP contribution < -0.4 is 4.74 Å². The highest BCUT2D eigenvalue weighted by atomic mass is 32.2. The zero-order valence-corrected chi connectivity index (χ0v) is 15.5. The van der Waals surface area contributed by atoms with Gasteiger partial charge in [-0.2, -0.15) is 0 Å². The first-order chi connectivity index (χ1) is 11.9. The van der Waals surface area contributed by atoms with Crippen LogP contribution in [-0.4, -0.2) is 30.2 Å². The molecule has 0 aliphatic heterocycles. The summed E-state index contributed by atoms with van der Waals surface area (Å²) in [5.74, 6) is -2.85. The minimum absolute atomic E-state index is 0.152. The van der Waals surface area contributed by atoms with Gasteiger partial charge < -0.3 is 9.64 Å². The van der Waals surface area contributed by atoms with Crippen LogP contribution in [0.4, 0.5) is 8.78 Å². The van der Waals surface area contributed by atoms with Gasteiger partial charge in [0, 0.05) is 17.5 Å². The molecule has 134 valence electrons. The maximum atomic E-state index is 14.4. The molecule has 0 fully saturated rings. The minimum atomic E-state index is -0.976. The number of thioether (sulfide) groups is 1. The predicted molar refractivity (Wildman–Crippen MR) is 96.1 cm³/mol. The highest BCUT2D eigenvalue weighted by molar-refractivity contribution is 7.98. The van der Waals surface area contributed by atoms with E-state index < -0.39 is 23.3 Å². The number of ether oxygens (including phenoxy) is 1. The molecular weight excluding hydrogens is 344 g/mol. The van der Waals surface area contributed by atoms with Crippen LogP contribution in [0.15, 0.2) is 41.3 Å². The van der Waals surface area contributed by atoms with Crippen LogP contribution in [0.2, 0.25) is 0 Å². The highest BCUT2D eigenvalue weighted by Crippen LogP contribution is 2.26. The summed E-state index contributed by atoms with van der Waals surface area (Å²) in [6.07, 6.45) is 1.98. The molecule has 0 atom stereocenters. The van der Waals surface area contributed by atoms with Crippen molar-refractivity contribution in [1.29, 1.82) is 0 Å². The van der Waals surface area contributed by atoms with Crippen molar-refractivity contribution in [3.8, 4) is 5.75 Å². The molecule has 0 aliphatic carbocycles. The summed E-state index contributed by atoms with van der Waals surface area (Å²) in [6.45, 7) is 4.05. The summed E-state index contributed by atoms with van der Waals surface area (Å²) in [5.41, 5.74) is 0.747. The van der Waals surface area contributed by atoms with Crippen molar-refractivity contribution in [3.63, 3.8) is 0 Å². The maximum Gasteiger partial charge on any atom is 0.257 e. The fourth-order valence-electron chi connectivity index (χ4n) is 2.50. The molecular formula is C19H21F2NO2S. The average Bonchev–Trinajstić information content (AvgIpc) is 2.59. The van der Waals surface area contributed by atoms with Gasteiger partial charge in [-0.3, -0.25) is 4.79 Å². The molecule has 0 saturated carbocycles. The Labute approximate surface area is 151 Å². The lowest BCUT2D eigenvalue weighted by Gasteiger charge is -2.27. The van der Waals surface area contributed by atoms with E-state index >= 15 is 0 Å². The third-order valence-electron chi connectivity index (χ3n) is 3.85. The highest BCUT2D eigenvalue weighted by Gasteiger charge is 2.25. The van der Waals surface area contributed by atoms with Gasteiger partial charge in [0.2, 0.25) is 0 Å². The Bertz CT molecular complexity index is 765. The largest absolute Gasteiger partial charge is 0.491 e. The van der Waals surface area contributed by atoms with Crippen LogP contribution in [0.25, 0.3) is 0 Å². The van der Waals surface area contributed by atoms with Gasteiger partial charge in [-0.1, -0.05) is 12.1 Å². The lowest BCUT2D eigenvalue weighted by molar-refractivity contribution is 0.0684. The van der Waals surface area contributed by atoms with Gasteiger partial charge >= 0.3 is 0 Å². The molecule has 25 heavy (non-hydrogen) atoms. The summed E-state index contributed by atoms with van der Waals surface area (Å²) in [5, 5.41) is 0. The van der Waals surface area contributed by atoms with E-state index in [1.807, 2.05) is 44.4 Å². The molecule has 6 heteroatoms. The summed E-state index contributed by atoms with van der Waals surface area (Å²) in [4.78, 5) is 15.5. The summed E-state index contributed by atoms with van der Waals surface area (Å²) >= 11 is 1.61. The number of rotatable bonds is 6. The first-order valence-corrected chi connectivity index (χ1v) is 9.07.